The standard InChI is InChI=1S/C19H18F3N3OS/c1-3-25-18(12(2)26-17-9-8-15(21)10-16(17)22)23-24-19(25)27-11-13-4-6-14(20)7-5-13/h4-10,12H,3,11H2,1-2H3. The summed E-state index contributed by atoms with van der Waals surface area (Å²) >= 11 is 1.47. The van der Waals surface area contributed by atoms with Crippen molar-refractivity contribution in [2.45, 2.75) is 37.4 Å². The van der Waals surface area contributed by atoms with Crippen LogP contribution in [0, 0.1) is 17.5 Å². The van der Waals surface area contributed by atoms with Crippen LogP contribution < -0.4 is 4.74 Å². The molecule has 1 unspecified atom stereocenters. The Labute approximate surface area is 159 Å². The molecule has 2 aromatic carbocycles. The third-order valence-corrected chi connectivity index (χ3v) is 4.94. The molecule has 0 amide bonds. The molecule has 3 rings (SSSR count). The van der Waals surface area contributed by atoms with Gasteiger partial charge in [-0.05, 0) is 43.7 Å². The van der Waals surface area contributed by atoms with E-state index >= 15 is 0 Å². The zero-order valence-electron chi connectivity index (χ0n) is 14.8. The molecule has 0 radical (unpaired) electrons. The van der Waals surface area contributed by atoms with Crippen LogP contribution in [0.4, 0.5) is 13.2 Å². The van der Waals surface area contributed by atoms with Crippen molar-refractivity contribution in [3.8, 4) is 5.75 Å². The molecule has 0 saturated heterocycles. The van der Waals surface area contributed by atoms with E-state index < -0.39 is 17.7 Å². The SMILES string of the molecule is CCn1c(SCc2ccc(F)cc2)nnc1C(C)Oc1ccc(F)cc1F. The van der Waals surface area contributed by atoms with Crippen molar-refractivity contribution < 1.29 is 17.9 Å². The summed E-state index contributed by atoms with van der Waals surface area (Å²) in [6, 6.07) is 9.43. The van der Waals surface area contributed by atoms with Crippen LogP contribution in [0.2, 0.25) is 0 Å². The zero-order valence-corrected chi connectivity index (χ0v) is 15.6. The Hall–Kier alpha value is -2.48. The lowest BCUT2D eigenvalue weighted by atomic mass is 10.2. The maximum Gasteiger partial charge on any atom is 0.191 e. The fourth-order valence-corrected chi connectivity index (χ4v) is 3.51. The van der Waals surface area contributed by atoms with Crippen molar-refractivity contribution in [3.05, 3.63) is 71.3 Å². The van der Waals surface area contributed by atoms with Crippen molar-refractivity contribution in [3.63, 3.8) is 0 Å². The molecule has 0 N–H and O–H groups in total. The summed E-state index contributed by atoms with van der Waals surface area (Å²) < 4.78 is 47.3. The second-order valence-corrected chi connectivity index (χ2v) is 6.78. The van der Waals surface area contributed by atoms with Gasteiger partial charge in [-0.1, -0.05) is 23.9 Å². The van der Waals surface area contributed by atoms with Crippen LogP contribution >= 0.6 is 11.8 Å². The normalized spacial score (nSPS) is 12.2. The minimum absolute atomic E-state index is 0.0462. The maximum atomic E-state index is 13.8. The molecule has 1 heterocycles. The summed E-state index contributed by atoms with van der Waals surface area (Å²) in [6.07, 6.45) is -0.572. The van der Waals surface area contributed by atoms with Crippen molar-refractivity contribution in [1.82, 2.24) is 14.8 Å². The second-order valence-electron chi connectivity index (χ2n) is 5.83. The van der Waals surface area contributed by atoms with Crippen LogP contribution in [0.5, 0.6) is 5.75 Å². The van der Waals surface area contributed by atoms with Crippen molar-refractivity contribution in [1.29, 1.82) is 0 Å². The highest BCUT2D eigenvalue weighted by atomic mass is 32.2. The lowest BCUT2D eigenvalue weighted by Crippen LogP contribution is -2.12. The van der Waals surface area contributed by atoms with Gasteiger partial charge in [0.05, 0.1) is 0 Å². The summed E-state index contributed by atoms with van der Waals surface area (Å²) in [5, 5.41) is 9.04. The van der Waals surface area contributed by atoms with Gasteiger partial charge in [-0.25, -0.2) is 13.2 Å². The van der Waals surface area contributed by atoms with Gasteiger partial charge in [0.25, 0.3) is 0 Å². The quantitative estimate of drug-likeness (QED) is 0.521. The smallest absolute Gasteiger partial charge is 0.191 e. The van der Waals surface area contributed by atoms with Crippen LogP contribution in [-0.4, -0.2) is 14.8 Å². The van der Waals surface area contributed by atoms with E-state index in [1.165, 1.54) is 30.0 Å². The number of thioether (sulfide) groups is 1. The molecule has 1 aromatic heterocycles. The van der Waals surface area contributed by atoms with E-state index in [0.717, 1.165) is 17.7 Å². The molecule has 27 heavy (non-hydrogen) atoms. The number of nitrogens with zero attached hydrogens (tertiary/aromatic N) is 3. The minimum atomic E-state index is -0.768. The van der Waals surface area contributed by atoms with Crippen LogP contribution in [-0.2, 0) is 12.3 Å². The van der Waals surface area contributed by atoms with E-state index in [1.54, 1.807) is 19.1 Å². The molecule has 8 heteroatoms. The Morgan fingerprint density at radius 3 is 2.41 bits per heavy atom. The summed E-state index contributed by atoms with van der Waals surface area (Å²) in [7, 11) is 0. The Balaban J connectivity index is 1.73. The molecule has 4 nitrogen and oxygen atoms in total. The summed E-state index contributed by atoms with van der Waals surface area (Å²) in [6.45, 7) is 4.28. The maximum absolute atomic E-state index is 13.8. The van der Waals surface area contributed by atoms with Gasteiger partial charge >= 0.3 is 0 Å². The van der Waals surface area contributed by atoms with Crippen LogP contribution in [0.1, 0.15) is 31.3 Å². The first kappa shape index (κ1) is 19.3. The molecule has 0 saturated carbocycles. The van der Waals surface area contributed by atoms with Gasteiger partial charge in [-0.15, -0.1) is 10.2 Å². The number of rotatable bonds is 7. The molecule has 1 atom stereocenters. The monoisotopic (exact) mass is 393 g/mol. The second kappa shape index (κ2) is 8.47. The van der Waals surface area contributed by atoms with Gasteiger partial charge in [0.1, 0.15) is 11.6 Å². The highest BCUT2D eigenvalue weighted by Crippen LogP contribution is 2.28. The number of hydrogen-bond donors (Lipinski definition) is 0. The third-order valence-electron chi connectivity index (χ3n) is 3.90. The summed E-state index contributed by atoms with van der Waals surface area (Å²) in [5.74, 6) is -0.598. The predicted molar refractivity (Wildman–Crippen MR) is 97.1 cm³/mol. The van der Waals surface area contributed by atoms with Gasteiger partial charge in [0, 0.05) is 18.4 Å². The average Bonchev–Trinajstić information content (AvgIpc) is 3.06. The lowest BCUT2D eigenvalue weighted by molar-refractivity contribution is 0.200. The zero-order chi connectivity index (χ0) is 19.4. The van der Waals surface area contributed by atoms with E-state index in [9.17, 15) is 13.2 Å². The molecule has 142 valence electrons. The average molecular weight is 393 g/mol. The number of ether oxygens (including phenoxy) is 1. The van der Waals surface area contributed by atoms with Gasteiger partial charge in [0.15, 0.2) is 28.7 Å². The van der Waals surface area contributed by atoms with Crippen molar-refractivity contribution in [2.24, 2.45) is 0 Å². The van der Waals surface area contributed by atoms with Crippen LogP contribution in [0.25, 0.3) is 0 Å². The predicted octanol–water partition coefficient (Wildman–Crippen LogP) is 5.15. The topological polar surface area (TPSA) is 39.9 Å². The first-order chi connectivity index (χ1) is 13.0. The fourth-order valence-electron chi connectivity index (χ4n) is 2.55. The highest BCUT2D eigenvalue weighted by Gasteiger charge is 2.20. The van der Waals surface area contributed by atoms with Crippen molar-refractivity contribution in [2.75, 3.05) is 0 Å². The summed E-state index contributed by atoms with van der Waals surface area (Å²) in [5.41, 5.74) is 0.964. The van der Waals surface area contributed by atoms with Gasteiger partial charge in [-0.3, -0.25) is 0 Å². The Morgan fingerprint density at radius 1 is 1.04 bits per heavy atom. The largest absolute Gasteiger partial charge is 0.480 e. The van der Waals surface area contributed by atoms with Gasteiger partial charge in [-0.2, -0.15) is 0 Å². The molecular weight excluding hydrogens is 375 g/mol. The Kier molecular flexibility index (Phi) is 6.05. The van der Waals surface area contributed by atoms with E-state index in [2.05, 4.69) is 10.2 Å². The molecular formula is C19H18F3N3OS. The van der Waals surface area contributed by atoms with Crippen LogP contribution in [0.15, 0.2) is 47.6 Å². The Bertz CT molecular complexity index is 915. The number of aromatic nitrogens is 3. The van der Waals surface area contributed by atoms with E-state index in [1.807, 2.05) is 11.5 Å². The molecule has 0 aliphatic carbocycles. The molecule has 0 bridgehead atoms. The van der Waals surface area contributed by atoms with Gasteiger partial charge < -0.3 is 9.30 Å². The highest BCUT2D eigenvalue weighted by molar-refractivity contribution is 7.98. The van der Waals surface area contributed by atoms with E-state index in [0.29, 0.717) is 23.3 Å². The first-order valence-corrected chi connectivity index (χ1v) is 9.38. The molecule has 0 aliphatic rings. The Morgan fingerprint density at radius 2 is 1.74 bits per heavy atom. The third kappa shape index (κ3) is 4.63. The molecule has 0 aliphatic heterocycles. The van der Waals surface area contributed by atoms with E-state index in [-0.39, 0.29) is 11.6 Å². The molecule has 0 fully saturated rings. The van der Waals surface area contributed by atoms with Crippen molar-refractivity contribution >= 4 is 11.8 Å². The summed E-state index contributed by atoms with van der Waals surface area (Å²) in [4.78, 5) is 0. The van der Waals surface area contributed by atoms with Crippen LogP contribution in [0.3, 0.4) is 0 Å². The van der Waals surface area contributed by atoms with E-state index in [4.69, 9.17) is 4.74 Å². The number of hydrogen-bond acceptors (Lipinski definition) is 4. The lowest BCUT2D eigenvalue weighted by Gasteiger charge is -2.16. The molecule has 0 spiro atoms. The first-order valence-electron chi connectivity index (χ1n) is 8.40. The minimum Gasteiger partial charge on any atom is -0.480 e. The fraction of sp³-hybridized carbons (Fsp3) is 0.263. The number of halogens is 3. The van der Waals surface area contributed by atoms with Gasteiger partial charge in [0.2, 0.25) is 0 Å². The molecule has 3 aromatic rings. The number of benzene rings is 2.